The molecule has 0 saturated heterocycles. The molecule has 0 aliphatic carbocycles. The molecule has 1 unspecified atom stereocenters. The molecule has 2 radical (unpaired) electrons. The molecule has 0 aromatic carbocycles. The van der Waals surface area contributed by atoms with Crippen LogP contribution in [0.5, 0.6) is 0 Å². The highest BCUT2D eigenvalue weighted by molar-refractivity contribution is 4.67. The third-order valence-corrected chi connectivity index (χ3v) is 1.16. The van der Waals surface area contributed by atoms with Crippen LogP contribution in [0.15, 0.2) is 0 Å². The van der Waals surface area contributed by atoms with E-state index in [9.17, 15) is 5.11 Å². The van der Waals surface area contributed by atoms with E-state index in [1.165, 1.54) is 0 Å². The van der Waals surface area contributed by atoms with Gasteiger partial charge < -0.3 is 0 Å². The quantitative estimate of drug-likeness (QED) is 0.544. The highest BCUT2D eigenvalue weighted by Crippen LogP contribution is 2.21. The zero-order chi connectivity index (χ0) is 7.49. The molecule has 0 spiro atoms. The Morgan fingerprint density at radius 1 is 1.44 bits per heavy atom. The van der Waals surface area contributed by atoms with Crippen LogP contribution >= 0.6 is 0 Å². The van der Waals surface area contributed by atoms with Crippen LogP contribution in [-0.4, -0.2) is 6.10 Å². The molecule has 0 heterocycles. The largest absolute Gasteiger partial charge is 0.233 e. The second-order valence-electron chi connectivity index (χ2n) is 3.68. The van der Waals surface area contributed by atoms with Crippen LogP contribution in [0.25, 0.3) is 0 Å². The molecule has 0 rings (SSSR count). The standard InChI is InChI=1S/C8H16O/c1-5-7(9)6-8(2,3)4/h7H,1,5-6H2,2-4H3. The lowest BCUT2D eigenvalue weighted by atomic mass is 9.88. The van der Waals surface area contributed by atoms with E-state index in [1.54, 1.807) is 0 Å². The van der Waals surface area contributed by atoms with Crippen molar-refractivity contribution >= 4 is 0 Å². The molecule has 9 heavy (non-hydrogen) atoms. The van der Waals surface area contributed by atoms with Crippen molar-refractivity contribution in [3.05, 3.63) is 6.92 Å². The Labute approximate surface area is 58.1 Å². The molecule has 0 aromatic heterocycles. The van der Waals surface area contributed by atoms with Gasteiger partial charge in [0.2, 0.25) is 0 Å². The first-order chi connectivity index (χ1) is 3.95. The van der Waals surface area contributed by atoms with Gasteiger partial charge in [0, 0.05) is 0 Å². The third-order valence-electron chi connectivity index (χ3n) is 1.16. The molecular formula is C8H16O. The van der Waals surface area contributed by atoms with Crippen molar-refractivity contribution in [3.8, 4) is 0 Å². The van der Waals surface area contributed by atoms with Crippen molar-refractivity contribution in [3.63, 3.8) is 0 Å². The maximum atomic E-state index is 10.8. The second kappa shape index (κ2) is 3.21. The molecule has 0 fully saturated rings. The van der Waals surface area contributed by atoms with Gasteiger partial charge in [0.25, 0.3) is 0 Å². The van der Waals surface area contributed by atoms with Gasteiger partial charge in [-0.15, -0.1) is 0 Å². The van der Waals surface area contributed by atoms with E-state index in [1.807, 2.05) is 0 Å². The second-order valence-corrected chi connectivity index (χ2v) is 3.68. The summed E-state index contributed by atoms with van der Waals surface area (Å²) in [5.74, 6) is 0. The molecule has 0 aliphatic heterocycles. The fourth-order valence-corrected chi connectivity index (χ4v) is 0.785. The van der Waals surface area contributed by atoms with E-state index in [0.717, 1.165) is 6.42 Å². The van der Waals surface area contributed by atoms with Gasteiger partial charge in [0.1, 0.15) is 0 Å². The van der Waals surface area contributed by atoms with E-state index < -0.39 is 6.10 Å². The van der Waals surface area contributed by atoms with Crippen molar-refractivity contribution in [2.24, 2.45) is 5.41 Å². The van der Waals surface area contributed by atoms with Gasteiger partial charge in [-0.3, -0.25) is 0 Å². The van der Waals surface area contributed by atoms with E-state index in [2.05, 4.69) is 27.7 Å². The molecule has 0 N–H and O–H groups in total. The minimum Gasteiger partial charge on any atom is -0.233 e. The highest BCUT2D eigenvalue weighted by Gasteiger charge is 2.15. The summed E-state index contributed by atoms with van der Waals surface area (Å²) in [6.45, 7) is 9.79. The minimum atomic E-state index is -0.468. The van der Waals surface area contributed by atoms with Crippen molar-refractivity contribution in [2.45, 2.75) is 39.7 Å². The molecule has 1 nitrogen and oxygen atoms in total. The molecule has 54 valence electrons. The Balaban J connectivity index is 3.47. The molecular weight excluding hydrogens is 112 g/mol. The van der Waals surface area contributed by atoms with E-state index >= 15 is 0 Å². The lowest BCUT2D eigenvalue weighted by Crippen LogP contribution is -2.15. The SMILES string of the molecule is [CH2]CC([O])CC(C)(C)C. The molecule has 0 aromatic rings. The van der Waals surface area contributed by atoms with Crippen LogP contribution in [0.4, 0.5) is 0 Å². The number of hydrogen-bond acceptors (Lipinski definition) is 0. The van der Waals surface area contributed by atoms with Crippen molar-refractivity contribution < 1.29 is 5.11 Å². The Hall–Kier alpha value is -0.0400. The first-order valence-corrected chi connectivity index (χ1v) is 3.41. The third kappa shape index (κ3) is 5.84. The fourth-order valence-electron chi connectivity index (χ4n) is 0.785. The molecule has 0 bridgehead atoms. The fraction of sp³-hybridized carbons (Fsp3) is 0.875. The minimum absolute atomic E-state index is 0.171. The average molecular weight is 128 g/mol. The Kier molecular flexibility index (Phi) is 3.20. The lowest BCUT2D eigenvalue weighted by molar-refractivity contribution is 0.0542. The normalized spacial score (nSPS) is 15.7. The summed E-state index contributed by atoms with van der Waals surface area (Å²) in [5, 5.41) is 10.8. The van der Waals surface area contributed by atoms with E-state index in [4.69, 9.17) is 0 Å². The maximum absolute atomic E-state index is 10.8. The van der Waals surface area contributed by atoms with Gasteiger partial charge in [-0.05, 0) is 18.3 Å². The van der Waals surface area contributed by atoms with Gasteiger partial charge in [-0.25, -0.2) is 5.11 Å². The van der Waals surface area contributed by atoms with Gasteiger partial charge >= 0.3 is 0 Å². The van der Waals surface area contributed by atoms with Gasteiger partial charge in [-0.2, -0.15) is 0 Å². The van der Waals surface area contributed by atoms with Crippen molar-refractivity contribution in [1.82, 2.24) is 0 Å². The van der Waals surface area contributed by atoms with Crippen LogP contribution in [0.3, 0.4) is 0 Å². The van der Waals surface area contributed by atoms with E-state index in [0.29, 0.717) is 6.42 Å². The van der Waals surface area contributed by atoms with Crippen LogP contribution in [0, 0.1) is 12.3 Å². The summed E-state index contributed by atoms with van der Waals surface area (Å²) < 4.78 is 0. The zero-order valence-electron chi connectivity index (χ0n) is 6.61. The number of rotatable bonds is 2. The molecule has 0 aliphatic rings. The maximum Gasteiger partial charge on any atom is 0.0935 e. The van der Waals surface area contributed by atoms with Crippen LogP contribution in [-0.2, 0) is 5.11 Å². The van der Waals surface area contributed by atoms with Gasteiger partial charge in [0.05, 0.1) is 6.10 Å². The summed E-state index contributed by atoms with van der Waals surface area (Å²) in [7, 11) is 0. The average Bonchev–Trinajstić information content (AvgIpc) is 1.62. The van der Waals surface area contributed by atoms with Gasteiger partial charge in [-0.1, -0.05) is 27.7 Å². The summed E-state index contributed by atoms with van der Waals surface area (Å²) in [6, 6.07) is 0. The summed E-state index contributed by atoms with van der Waals surface area (Å²) in [4.78, 5) is 0. The van der Waals surface area contributed by atoms with Crippen LogP contribution in [0.1, 0.15) is 33.6 Å². The lowest BCUT2D eigenvalue weighted by Gasteiger charge is -2.19. The predicted molar refractivity (Wildman–Crippen MR) is 38.5 cm³/mol. The smallest absolute Gasteiger partial charge is 0.0935 e. The first kappa shape index (κ1) is 8.96. The number of hydrogen-bond donors (Lipinski definition) is 0. The summed E-state index contributed by atoms with van der Waals surface area (Å²) in [6.07, 6.45) is 0.776. The summed E-state index contributed by atoms with van der Waals surface area (Å²) in [5.41, 5.74) is 0.171. The Morgan fingerprint density at radius 3 is 2.00 bits per heavy atom. The monoisotopic (exact) mass is 128 g/mol. The Bertz CT molecular complexity index is 71.1. The zero-order valence-corrected chi connectivity index (χ0v) is 6.61. The molecule has 0 amide bonds. The van der Waals surface area contributed by atoms with Gasteiger partial charge in [0.15, 0.2) is 0 Å². The van der Waals surface area contributed by atoms with E-state index in [-0.39, 0.29) is 5.41 Å². The van der Waals surface area contributed by atoms with Crippen LogP contribution in [0.2, 0.25) is 0 Å². The van der Waals surface area contributed by atoms with Crippen molar-refractivity contribution in [1.29, 1.82) is 0 Å². The highest BCUT2D eigenvalue weighted by atomic mass is 16.3. The first-order valence-electron chi connectivity index (χ1n) is 3.41. The molecule has 0 saturated carbocycles. The van der Waals surface area contributed by atoms with Crippen LogP contribution < -0.4 is 0 Å². The molecule has 1 heteroatoms. The predicted octanol–water partition coefficient (Wildman–Crippen LogP) is 2.45. The topological polar surface area (TPSA) is 19.9 Å². The summed E-state index contributed by atoms with van der Waals surface area (Å²) >= 11 is 0. The van der Waals surface area contributed by atoms with Crippen molar-refractivity contribution in [2.75, 3.05) is 0 Å². The Morgan fingerprint density at radius 2 is 1.89 bits per heavy atom. The molecule has 1 atom stereocenters.